The smallest absolute Gasteiger partial charge is 0.244 e. The maximum atomic E-state index is 5.93. The molecule has 1 heterocycles. The van der Waals surface area contributed by atoms with E-state index in [0.29, 0.717) is 16.8 Å². The van der Waals surface area contributed by atoms with Crippen molar-refractivity contribution < 1.29 is 0 Å². The molecule has 0 atom stereocenters. The lowest BCUT2D eigenvalue weighted by molar-refractivity contribution is 0.913. The van der Waals surface area contributed by atoms with E-state index in [4.69, 9.17) is 11.6 Å². The molecule has 0 unspecified atom stereocenters. The van der Waals surface area contributed by atoms with Crippen LogP contribution in [-0.4, -0.2) is 21.7 Å². The van der Waals surface area contributed by atoms with Crippen molar-refractivity contribution in [3.8, 4) is 0 Å². The van der Waals surface area contributed by atoms with Gasteiger partial charge in [0.05, 0.1) is 6.20 Å². The molecule has 0 aliphatic carbocycles. The van der Waals surface area contributed by atoms with Crippen molar-refractivity contribution in [3.05, 3.63) is 35.0 Å². The molecule has 0 aliphatic heterocycles. The predicted molar refractivity (Wildman–Crippen MR) is 78.1 cm³/mol. The van der Waals surface area contributed by atoms with Crippen LogP contribution in [0, 0.1) is 6.92 Å². The fourth-order valence-corrected chi connectivity index (χ4v) is 1.81. The van der Waals surface area contributed by atoms with Crippen molar-refractivity contribution in [2.45, 2.75) is 20.3 Å². The number of rotatable bonds is 5. The van der Waals surface area contributed by atoms with E-state index in [1.807, 2.05) is 25.1 Å². The van der Waals surface area contributed by atoms with Crippen molar-refractivity contribution in [2.24, 2.45) is 0 Å². The van der Waals surface area contributed by atoms with Crippen LogP contribution >= 0.6 is 11.6 Å². The van der Waals surface area contributed by atoms with Crippen LogP contribution in [0.25, 0.3) is 0 Å². The lowest BCUT2D eigenvalue weighted by Crippen LogP contribution is -2.07. The third kappa shape index (κ3) is 3.79. The van der Waals surface area contributed by atoms with Crippen molar-refractivity contribution in [1.29, 1.82) is 0 Å². The van der Waals surface area contributed by atoms with Crippen LogP contribution in [0.3, 0.4) is 0 Å². The molecule has 0 aliphatic rings. The van der Waals surface area contributed by atoms with Crippen molar-refractivity contribution >= 4 is 29.1 Å². The summed E-state index contributed by atoms with van der Waals surface area (Å²) < 4.78 is 0. The van der Waals surface area contributed by atoms with Crippen molar-refractivity contribution in [2.75, 3.05) is 17.2 Å². The number of nitrogens with zero attached hydrogens (tertiary/aromatic N) is 3. The van der Waals surface area contributed by atoms with Gasteiger partial charge in [-0.05, 0) is 37.1 Å². The van der Waals surface area contributed by atoms with Crippen LogP contribution in [0.5, 0.6) is 0 Å². The zero-order valence-corrected chi connectivity index (χ0v) is 11.7. The summed E-state index contributed by atoms with van der Waals surface area (Å²) in [5.41, 5.74) is 2.00. The lowest BCUT2D eigenvalue weighted by Gasteiger charge is -2.09. The van der Waals surface area contributed by atoms with Gasteiger partial charge in [0.25, 0.3) is 0 Å². The van der Waals surface area contributed by atoms with E-state index in [1.165, 1.54) is 0 Å². The Morgan fingerprint density at radius 3 is 2.89 bits per heavy atom. The van der Waals surface area contributed by atoms with Crippen LogP contribution in [0.4, 0.5) is 17.5 Å². The highest BCUT2D eigenvalue weighted by Crippen LogP contribution is 2.22. The summed E-state index contributed by atoms with van der Waals surface area (Å²) in [4.78, 5) is 4.34. The Morgan fingerprint density at radius 1 is 1.32 bits per heavy atom. The maximum absolute atomic E-state index is 5.93. The Morgan fingerprint density at radius 2 is 2.16 bits per heavy atom. The molecule has 0 saturated heterocycles. The monoisotopic (exact) mass is 277 g/mol. The van der Waals surface area contributed by atoms with Gasteiger partial charge < -0.3 is 10.6 Å². The minimum atomic E-state index is 0.526. The van der Waals surface area contributed by atoms with Gasteiger partial charge in [0.1, 0.15) is 0 Å². The molecule has 1 aromatic carbocycles. The van der Waals surface area contributed by atoms with Gasteiger partial charge in [-0.15, -0.1) is 5.10 Å². The molecule has 19 heavy (non-hydrogen) atoms. The molecule has 6 heteroatoms. The molecule has 5 nitrogen and oxygen atoms in total. The third-order valence-electron chi connectivity index (χ3n) is 2.54. The highest BCUT2D eigenvalue weighted by atomic mass is 35.5. The zero-order valence-electron chi connectivity index (χ0n) is 10.9. The number of anilines is 3. The van der Waals surface area contributed by atoms with Gasteiger partial charge in [-0.3, -0.25) is 0 Å². The maximum Gasteiger partial charge on any atom is 0.244 e. The van der Waals surface area contributed by atoms with E-state index in [0.717, 1.165) is 24.2 Å². The summed E-state index contributed by atoms with van der Waals surface area (Å²) >= 11 is 5.93. The van der Waals surface area contributed by atoms with Crippen molar-refractivity contribution in [1.82, 2.24) is 15.2 Å². The molecule has 0 fully saturated rings. The first-order chi connectivity index (χ1) is 9.19. The third-order valence-corrected chi connectivity index (χ3v) is 2.78. The van der Waals surface area contributed by atoms with Crippen LogP contribution in [0.15, 0.2) is 24.4 Å². The number of benzene rings is 1. The topological polar surface area (TPSA) is 62.7 Å². The number of aromatic nitrogens is 3. The SMILES string of the molecule is CCCNc1nncc(Nc2ccc(Cl)cc2C)n1. The molecule has 0 saturated carbocycles. The second-order valence-corrected chi connectivity index (χ2v) is 4.61. The van der Waals surface area contributed by atoms with E-state index < -0.39 is 0 Å². The van der Waals surface area contributed by atoms with Crippen LogP contribution < -0.4 is 10.6 Å². The van der Waals surface area contributed by atoms with E-state index in [-0.39, 0.29) is 0 Å². The quantitative estimate of drug-likeness (QED) is 0.877. The predicted octanol–water partition coefficient (Wildman–Crippen LogP) is 3.40. The van der Waals surface area contributed by atoms with Crippen molar-refractivity contribution in [3.63, 3.8) is 0 Å². The summed E-state index contributed by atoms with van der Waals surface area (Å²) in [5, 5.41) is 14.9. The average molecular weight is 278 g/mol. The van der Waals surface area contributed by atoms with E-state index in [9.17, 15) is 0 Å². The minimum Gasteiger partial charge on any atom is -0.353 e. The summed E-state index contributed by atoms with van der Waals surface area (Å²) in [6, 6.07) is 5.65. The first-order valence-corrected chi connectivity index (χ1v) is 6.53. The summed E-state index contributed by atoms with van der Waals surface area (Å²) in [6.45, 7) is 4.89. The molecule has 2 rings (SSSR count). The molecular weight excluding hydrogens is 262 g/mol. The lowest BCUT2D eigenvalue weighted by atomic mass is 10.2. The summed E-state index contributed by atoms with van der Waals surface area (Å²) in [5.74, 6) is 1.18. The number of nitrogens with one attached hydrogen (secondary N) is 2. The summed E-state index contributed by atoms with van der Waals surface area (Å²) in [7, 11) is 0. The molecule has 0 bridgehead atoms. The standard InChI is InChI=1S/C13H16ClN5/c1-3-6-15-13-18-12(8-16-19-13)17-11-5-4-10(14)7-9(11)2/h4-5,7-8H,3,6H2,1-2H3,(H2,15,17,18,19). The van der Waals surface area contributed by atoms with Gasteiger partial charge in [-0.2, -0.15) is 10.1 Å². The normalized spacial score (nSPS) is 10.3. The van der Waals surface area contributed by atoms with Gasteiger partial charge in [-0.1, -0.05) is 18.5 Å². The van der Waals surface area contributed by atoms with E-state index >= 15 is 0 Å². The first-order valence-electron chi connectivity index (χ1n) is 6.16. The molecule has 0 radical (unpaired) electrons. The minimum absolute atomic E-state index is 0.526. The number of hydrogen-bond donors (Lipinski definition) is 2. The Bertz CT molecular complexity index is 558. The summed E-state index contributed by atoms with van der Waals surface area (Å²) in [6.07, 6.45) is 2.60. The Labute approximate surface area is 117 Å². The van der Waals surface area contributed by atoms with Crippen LogP contribution in [0.1, 0.15) is 18.9 Å². The fourth-order valence-electron chi connectivity index (χ4n) is 1.58. The highest BCUT2D eigenvalue weighted by molar-refractivity contribution is 6.30. The molecular formula is C13H16ClN5. The molecule has 2 N–H and O–H groups in total. The van der Waals surface area contributed by atoms with Crippen LogP contribution in [0.2, 0.25) is 5.02 Å². The van der Waals surface area contributed by atoms with Gasteiger partial charge >= 0.3 is 0 Å². The van der Waals surface area contributed by atoms with E-state index in [2.05, 4.69) is 32.7 Å². The number of halogens is 1. The number of aryl methyl sites for hydroxylation is 1. The number of hydrogen-bond acceptors (Lipinski definition) is 5. The molecule has 0 spiro atoms. The molecule has 100 valence electrons. The Balaban J connectivity index is 2.14. The highest BCUT2D eigenvalue weighted by Gasteiger charge is 2.03. The van der Waals surface area contributed by atoms with E-state index in [1.54, 1.807) is 6.20 Å². The van der Waals surface area contributed by atoms with Gasteiger partial charge in [0.2, 0.25) is 5.95 Å². The Hall–Kier alpha value is -1.88. The second kappa shape index (κ2) is 6.33. The molecule has 0 amide bonds. The average Bonchev–Trinajstić information content (AvgIpc) is 2.40. The largest absolute Gasteiger partial charge is 0.353 e. The van der Waals surface area contributed by atoms with Gasteiger partial charge in [-0.25, -0.2) is 0 Å². The fraction of sp³-hybridized carbons (Fsp3) is 0.308. The first kappa shape index (κ1) is 13.5. The zero-order chi connectivity index (χ0) is 13.7. The molecule has 2 aromatic rings. The second-order valence-electron chi connectivity index (χ2n) is 4.18. The van der Waals surface area contributed by atoms with Gasteiger partial charge in [0, 0.05) is 17.3 Å². The van der Waals surface area contributed by atoms with Crippen LogP contribution in [-0.2, 0) is 0 Å². The molecule has 1 aromatic heterocycles. The Kier molecular flexibility index (Phi) is 4.52. The van der Waals surface area contributed by atoms with Gasteiger partial charge in [0.15, 0.2) is 5.82 Å².